The zero-order chi connectivity index (χ0) is 14.7. The van der Waals surface area contributed by atoms with Gasteiger partial charge < -0.3 is 4.74 Å². The molecule has 0 saturated heterocycles. The summed E-state index contributed by atoms with van der Waals surface area (Å²) in [6, 6.07) is 8.89. The highest BCUT2D eigenvalue weighted by atomic mass is 35.5. The largest absolute Gasteiger partial charge is 0.487 e. The monoisotopic (exact) mass is 312 g/mol. The quantitative estimate of drug-likeness (QED) is 0.749. The van der Waals surface area contributed by atoms with Crippen molar-refractivity contribution in [2.75, 3.05) is 0 Å². The maximum absolute atomic E-state index is 12.9. The molecule has 20 heavy (non-hydrogen) atoms. The van der Waals surface area contributed by atoms with Crippen LogP contribution in [0, 0.1) is 5.82 Å². The van der Waals surface area contributed by atoms with Crippen LogP contribution in [-0.2, 0) is 6.61 Å². The second kappa shape index (κ2) is 6.25. The molecule has 2 rings (SSSR count). The number of carbonyl (C=O) groups excluding carboxylic acids is 1. The number of Topliss-reactive ketones (excluding diaryl/α,β-unsaturated/α-hetero) is 1. The third kappa shape index (κ3) is 3.50. The first-order valence-corrected chi connectivity index (χ1v) is 6.60. The summed E-state index contributed by atoms with van der Waals surface area (Å²) in [7, 11) is 0. The Balaban J connectivity index is 2.13. The molecule has 0 aliphatic rings. The molecule has 5 heteroatoms. The van der Waals surface area contributed by atoms with E-state index in [9.17, 15) is 9.18 Å². The first-order chi connectivity index (χ1) is 9.47. The molecule has 0 bridgehead atoms. The summed E-state index contributed by atoms with van der Waals surface area (Å²) >= 11 is 11.9. The predicted molar refractivity (Wildman–Crippen MR) is 77.2 cm³/mol. The van der Waals surface area contributed by atoms with E-state index in [1.165, 1.54) is 19.1 Å². The number of hydrogen-bond donors (Lipinski definition) is 0. The Labute approximate surface area is 126 Å². The maximum Gasteiger partial charge on any atom is 0.159 e. The minimum absolute atomic E-state index is 0.0694. The van der Waals surface area contributed by atoms with Gasteiger partial charge in [-0.1, -0.05) is 29.3 Å². The highest BCUT2D eigenvalue weighted by molar-refractivity contribution is 6.32. The summed E-state index contributed by atoms with van der Waals surface area (Å²) in [5.41, 5.74) is 1.17. The van der Waals surface area contributed by atoms with Crippen molar-refractivity contribution >= 4 is 29.0 Å². The fourth-order valence-electron chi connectivity index (χ4n) is 1.63. The normalized spacial score (nSPS) is 10.4. The van der Waals surface area contributed by atoms with Gasteiger partial charge in [0, 0.05) is 11.1 Å². The van der Waals surface area contributed by atoms with Crippen LogP contribution in [0.2, 0.25) is 10.0 Å². The van der Waals surface area contributed by atoms with E-state index in [0.29, 0.717) is 26.9 Å². The van der Waals surface area contributed by atoms with Crippen LogP contribution in [0.5, 0.6) is 5.75 Å². The summed E-state index contributed by atoms with van der Waals surface area (Å²) in [5, 5.41) is 0.636. The average molecular weight is 313 g/mol. The van der Waals surface area contributed by atoms with Crippen molar-refractivity contribution in [3.63, 3.8) is 0 Å². The highest BCUT2D eigenvalue weighted by Crippen LogP contribution is 2.27. The van der Waals surface area contributed by atoms with E-state index in [1.54, 1.807) is 24.3 Å². The molecule has 104 valence electrons. The second-order valence-corrected chi connectivity index (χ2v) is 5.04. The molecule has 0 aromatic heterocycles. The number of rotatable bonds is 4. The molecule has 0 heterocycles. The van der Waals surface area contributed by atoms with Gasteiger partial charge in [-0.05, 0) is 37.3 Å². The molecule has 2 nitrogen and oxygen atoms in total. The molecule has 0 radical (unpaired) electrons. The van der Waals surface area contributed by atoms with Crippen LogP contribution in [0.3, 0.4) is 0 Å². The molecule has 0 unspecified atom stereocenters. The van der Waals surface area contributed by atoms with E-state index in [1.807, 2.05) is 0 Å². The lowest BCUT2D eigenvalue weighted by Crippen LogP contribution is -1.98. The smallest absolute Gasteiger partial charge is 0.159 e. The topological polar surface area (TPSA) is 26.3 Å². The summed E-state index contributed by atoms with van der Waals surface area (Å²) in [4.78, 5) is 11.2. The Morgan fingerprint density at radius 2 is 1.90 bits per heavy atom. The van der Waals surface area contributed by atoms with E-state index in [-0.39, 0.29) is 12.4 Å². The van der Waals surface area contributed by atoms with E-state index in [0.717, 1.165) is 0 Å². The molecular formula is C15H11Cl2FO2. The number of benzene rings is 2. The minimum atomic E-state index is -0.400. The Bertz CT molecular complexity index is 656. The summed E-state index contributed by atoms with van der Waals surface area (Å²) in [6.45, 7) is 1.63. The Morgan fingerprint density at radius 1 is 1.15 bits per heavy atom. The van der Waals surface area contributed by atoms with Crippen molar-refractivity contribution in [3.05, 3.63) is 63.4 Å². The molecule has 0 N–H and O–H groups in total. The average Bonchev–Trinajstić information content (AvgIpc) is 2.38. The van der Waals surface area contributed by atoms with Gasteiger partial charge in [0.1, 0.15) is 18.2 Å². The van der Waals surface area contributed by atoms with Crippen molar-refractivity contribution in [2.45, 2.75) is 13.5 Å². The van der Waals surface area contributed by atoms with E-state index >= 15 is 0 Å². The van der Waals surface area contributed by atoms with Gasteiger partial charge in [0.25, 0.3) is 0 Å². The Morgan fingerprint density at radius 3 is 2.50 bits per heavy atom. The van der Waals surface area contributed by atoms with Crippen LogP contribution < -0.4 is 4.74 Å². The third-order valence-electron chi connectivity index (χ3n) is 2.74. The van der Waals surface area contributed by atoms with Gasteiger partial charge in [0.15, 0.2) is 5.78 Å². The van der Waals surface area contributed by atoms with Crippen molar-refractivity contribution < 1.29 is 13.9 Å². The van der Waals surface area contributed by atoms with Crippen LogP contribution >= 0.6 is 23.2 Å². The van der Waals surface area contributed by atoms with Crippen molar-refractivity contribution in [1.82, 2.24) is 0 Å². The zero-order valence-electron chi connectivity index (χ0n) is 10.6. The van der Waals surface area contributed by atoms with E-state index in [4.69, 9.17) is 27.9 Å². The number of ketones is 1. The lowest BCUT2D eigenvalue weighted by atomic mass is 10.1. The molecule has 0 saturated carbocycles. The number of ether oxygens (including phenoxy) is 1. The summed E-state index contributed by atoms with van der Waals surface area (Å²) < 4.78 is 18.4. The van der Waals surface area contributed by atoms with Crippen LogP contribution in [0.15, 0.2) is 36.4 Å². The summed E-state index contributed by atoms with van der Waals surface area (Å²) in [5.74, 6) is -0.0281. The third-order valence-corrected chi connectivity index (χ3v) is 3.38. The first-order valence-electron chi connectivity index (χ1n) is 5.84. The maximum atomic E-state index is 12.9. The minimum Gasteiger partial charge on any atom is -0.487 e. The van der Waals surface area contributed by atoms with Gasteiger partial charge >= 0.3 is 0 Å². The Hall–Kier alpha value is -1.58. The first kappa shape index (κ1) is 14.8. The van der Waals surface area contributed by atoms with Crippen LogP contribution in [-0.4, -0.2) is 5.78 Å². The van der Waals surface area contributed by atoms with Crippen molar-refractivity contribution in [2.24, 2.45) is 0 Å². The molecule has 2 aromatic carbocycles. The van der Waals surface area contributed by atoms with Gasteiger partial charge in [-0.2, -0.15) is 0 Å². The van der Waals surface area contributed by atoms with Gasteiger partial charge in [-0.3, -0.25) is 4.79 Å². The molecule has 0 amide bonds. The number of hydrogen-bond acceptors (Lipinski definition) is 2. The fraction of sp³-hybridized carbons (Fsp3) is 0.133. The van der Waals surface area contributed by atoms with Gasteiger partial charge in [-0.25, -0.2) is 4.39 Å². The Kier molecular flexibility index (Phi) is 4.63. The molecule has 0 aliphatic carbocycles. The van der Waals surface area contributed by atoms with Gasteiger partial charge in [-0.15, -0.1) is 0 Å². The number of carbonyl (C=O) groups is 1. The fourth-order valence-corrected chi connectivity index (χ4v) is 2.09. The van der Waals surface area contributed by atoms with Crippen LogP contribution in [0.25, 0.3) is 0 Å². The molecule has 0 fully saturated rings. The van der Waals surface area contributed by atoms with Crippen molar-refractivity contribution in [3.8, 4) is 5.75 Å². The summed E-state index contributed by atoms with van der Waals surface area (Å²) in [6.07, 6.45) is 0. The van der Waals surface area contributed by atoms with E-state index < -0.39 is 5.82 Å². The molecule has 0 atom stereocenters. The van der Waals surface area contributed by atoms with Gasteiger partial charge in [0.05, 0.1) is 10.0 Å². The zero-order valence-corrected chi connectivity index (χ0v) is 12.1. The van der Waals surface area contributed by atoms with Crippen molar-refractivity contribution in [1.29, 1.82) is 0 Å². The lowest BCUT2D eigenvalue weighted by Gasteiger charge is -2.10. The predicted octanol–water partition coefficient (Wildman–Crippen LogP) is 4.91. The standard InChI is InChI=1S/C15H11Cl2FO2/c1-9(19)10-3-5-15(14(17)6-10)20-8-11-2-4-12(18)7-13(11)16/h2-7H,8H2,1H3. The van der Waals surface area contributed by atoms with Crippen LogP contribution in [0.4, 0.5) is 4.39 Å². The SMILES string of the molecule is CC(=O)c1ccc(OCc2ccc(F)cc2Cl)c(Cl)c1. The molecule has 0 aliphatic heterocycles. The molecule has 2 aromatic rings. The molecule has 0 spiro atoms. The number of halogens is 3. The van der Waals surface area contributed by atoms with Gasteiger partial charge in [0.2, 0.25) is 0 Å². The lowest BCUT2D eigenvalue weighted by molar-refractivity contribution is 0.101. The molecular weight excluding hydrogens is 302 g/mol. The van der Waals surface area contributed by atoms with E-state index in [2.05, 4.69) is 0 Å². The van der Waals surface area contributed by atoms with Crippen LogP contribution in [0.1, 0.15) is 22.8 Å². The second-order valence-electron chi connectivity index (χ2n) is 4.23. The highest BCUT2D eigenvalue weighted by Gasteiger charge is 2.08.